The third kappa shape index (κ3) is 8.82. The summed E-state index contributed by atoms with van der Waals surface area (Å²) < 4.78 is 0. The molecule has 62 valence electrons. The minimum absolute atomic E-state index is 0.231. The number of rotatable bonds is 3. The molecule has 0 aromatic heterocycles. The van der Waals surface area contributed by atoms with Crippen LogP contribution in [-0.2, 0) is 0 Å². The Bertz CT molecular complexity index is 166. The minimum atomic E-state index is 0.231. The van der Waals surface area contributed by atoms with Gasteiger partial charge in [0.15, 0.2) is 0 Å². The molecule has 0 fully saturated rings. The summed E-state index contributed by atoms with van der Waals surface area (Å²) in [7, 11) is 0. The van der Waals surface area contributed by atoms with Gasteiger partial charge in [0, 0.05) is 0 Å². The topological polar surface area (TPSA) is 47.7 Å². The molecule has 0 aliphatic carbocycles. The highest BCUT2D eigenvalue weighted by Gasteiger charge is 1.88. The van der Waals surface area contributed by atoms with Crippen LogP contribution < -0.4 is 0 Å². The van der Waals surface area contributed by atoms with E-state index < -0.39 is 0 Å². The lowest BCUT2D eigenvalue weighted by Crippen LogP contribution is -2.01. The molecule has 0 heterocycles. The van der Waals surface area contributed by atoms with Gasteiger partial charge in [0.1, 0.15) is 0 Å². The maximum atomic E-state index is 7.09. The van der Waals surface area contributed by atoms with E-state index in [1.165, 1.54) is 6.08 Å². The van der Waals surface area contributed by atoms with Crippen LogP contribution in [0.2, 0.25) is 0 Å². The van der Waals surface area contributed by atoms with E-state index in [1.54, 1.807) is 19.1 Å². The predicted molar refractivity (Wildman–Crippen MR) is 51.8 cm³/mol. The highest BCUT2D eigenvalue weighted by Crippen LogP contribution is 1.80. The second-order valence-electron chi connectivity index (χ2n) is 1.63. The van der Waals surface area contributed by atoms with E-state index in [2.05, 4.69) is 6.58 Å². The number of hydrogen-bond acceptors (Lipinski definition) is 2. The minimum Gasteiger partial charge on any atom is -0.303 e. The van der Waals surface area contributed by atoms with Gasteiger partial charge in [-0.25, -0.2) is 0 Å². The van der Waals surface area contributed by atoms with Crippen LogP contribution in [0.5, 0.6) is 0 Å². The third-order valence-electron chi connectivity index (χ3n) is 0.803. The Kier molecular flexibility index (Phi) is 10.0. The quantitative estimate of drug-likeness (QED) is 0.461. The van der Waals surface area contributed by atoms with E-state index in [1.807, 2.05) is 13.8 Å². The van der Waals surface area contributed by atoms with E-state index in [0.717, 1.165) is 0 Å². The van der Waals surface area contributed by atoms with Gasteiger partial charge in [0.2, 0.25) is 0 Å². The molecular weight excluding hydrogens is 136 g/mol. The molecule has 0 unspecified atom stereocenters. The zero-order valence-electron chi connectivity index (χ0n) is 7.44. The summed E-state index contributed by atoms with van der Waals surface area (Å²) in [5.74, 6) is 0. The number of hydrogen-bond donors (Lipinski definition) is 2. The van der Waals surface area contributed by atoms with E-state index in [9.17, 15) is 0 Å². The zero-order valence-corrected chi connectivity index (χ0v) is 7.44. The molecule has 2 nitrogen and oxygen atoms in total. The van der Waals surface area contributed by atoms with Gasteiger partial charge in [-0.15, -0.1) is 0 Å². The molecule has 11 heavy (non-hydrogen) atoms. The smallest absolute Gasteiger partial charge is 0.0744 e. The highest BCUT2D eigenvalue weighted by atomic mass is 14.5. The molecule has 2 N–H and O–H groups in total. The normalized spacial score (nSPS) is 8.27. The fourth-order valence-electron chi connectivity index (χ4n) is 0.289. The van der Waals surface area contributed by atoms with Crippen molar-refractivity contribution < 1.29 is 0 Å². The van der Waals surface area contributed by atoms with E-state index in [-0.39, 0.29) is 11.4 Å². The summed E-state index contributed by atoms with van der Waals surface area (Å²) in [6, 6.07) is 0. The number of allylic oxidation sites excluding steroid dienone is 3. The Morgan fingerprint density at radius 2 is 1.73 bits per heavy atom. The van der Waals surface area contributed by atoms with Crippen molar-refractivity contribution in [2.75, 3.05) is 0 Å². The summed E-state index contributed by atoms with van der Waals surface area (Å²) >= 11 is 0. The summed E-state index contributed by atoms with van der Waals surface area (Å²) in [5.41, 5.74) is 0.503. The molecule has 0 saturated heterocycles. The number of nitrogens with one attached hydrogen (secondary N) is 2. The summed E-state index contributed by atoms with van der Waals surface area (Å²) in [6.45, 7) is 9.02. The van der Waals surface area contributed by atoms with Crippen molar-refractivity contribution in [3.05, 3.63) is 24.8 Å². The van der Waals surface area contributed by atoms with Crippen molar-refractivity contribution in [3.63, 3.8) is 0 Å². The Labute approximate surface area is 68.7 Å². The molecule has 0 aliphatic heterocycles. The Morgan fingerprint density at radius 1 is 1.27 bits per heavy atom. The Morgan fingerprint density at radius 3 is 2.00 bits per heavy atom. The first-order valence-corrected chi connectivity index (χ1v) is 3.61. The lowest BCUT2D eigenvalue weighted by atomic mass is 10.2. The molecule has 2 heteroatoms. The lowest BCUT2D eigenvalue weighted by Gasteiger charge is -1.88. The molecule has 0 aromatic carbocycles. The third-order valence-corrected chi connectivity index (χ3v) is 0.803. The molecule has 0 bridgehead atoms. The molecule has 0 amide bonds. The van der Waals surface area contributed by atoms with Gasteiger partial charge in [0.05, 0.1) is 11.4 Å². The summed E-state index contributed by atoms with van der Waals surface area (Å²) in [4.78, 5) is 0. The molecule has 0 saturated carbocycles. The van der Waals surface area contributed by atoms with Crippen molar-refractivity contribution in [3.8, 4) is 0 Å². The molecule has 0 rings (SSSR count). The zero-order chi connectivity index (χ0) is 9.28. The van der Waals surface area contributed by atoms with Crippen LogP contribution in [0.4, 0.5) is 0 Å². The summed E-state index contributed by atoms with van der Waals surface area (Å²) in [5, 5.41) is 14.1. The Hall–Kier alpha value is -1.18. The average molecular weight is 152 g/mol. The Balaban J connectivity index is 0. The van der Waals surface area contributed by atoms with Crippen molar-refractivity contribution in [2.45, 2.75) is 20.8 Å². The highest BCUT2D eigenvalue weighted by molar-refractivity contribution is 6.43. The van der Waals surface area contributed by atoms with Crippen molar-refractivity contribution in [1.82, 2.24) is 0 Å². The van der Waals surface area contributed by atoms with Gasteiger partial charge in [-0.2, -0.15) is 0 Å². The molecular formula is C9H16N2. The first-order chi connectivity index (χ1) is 5.18. The first-order valence-electron chi connectivity index (χ1n) is 3.61. The monoisotopic (exact) mass is 152 g/mol. The SMILES string of the molecule is C=C/C=C\C(=N)C(C)=N.CC. The van der Waals surface area contributed by atoms with Crippen LogP contribution in [0.1, 0.15) is 20.8 Å². The van der Waals surface area contributed by atoms with Crippen LogP contribution in [0.3, 0.4) is 0 Å². The maximum Gasteiger partial charge on any atom is 0.0744 e. The predicted octanol–water partition coefficient (Wildman–Crippen LogP) is 2.81. The van der Waals surface area contributed by atoms with Crippen LogP contribution in [-0.4, -0.2) is 11.4 Å². The van der Waals surface area contributed by atoms with Gasteiger partial charge in [-0.3, -0.25) is 5.41 Å². The van der Waals surface area contributed by atoms with Crippen molar-refractivity contribution in [1.29, 1.82) is 10.8 Å². The second-order valence-corrected chi connectivity index (χ2v) is 1.63. The molecule has 0 atom stereocenters. The second kappa shape index (κ2) is 8.82. The van der Waals surface area contributed by atoms with E-state index in [0.29, 0.717) is 0 Å². The van der Waals surface area contributed by atoms with Crippen LogP contribution in [0.25, 0.3) is 0 Å². The van der Waals surface area contributed by atoms with Crippen molar-refractivity contribution in [2.24, 2.45) is 0 Å². The van der Waals surface area contributed by atoms with Gasteiger partial charge in [-0.05, 0) is 13.0 Å². The molecule has 0 aliphatic rings. The lowest BCUT2D eigenvalue weighted by molar-refractivity contribution is 1.47. The summed E-state index contributed by atoms with van der Waals surface area (Å²) in [6.07, 6.45) is 4.76. The van der Waals surface area contributed by atoms with Gasteiger partial charge in [-0.1, -0.05) is 32.6 Å². The van der Waals surface area contributed by atoms with Crippen LogP contribution >= 0.6 is 0 Å². The van der Waals surface area contributed by atoms with Crippen LogP contribution in [0, 0.1) is 10.8 Å². The molecule has 0 spiro atoms. The van der Waals surface area contributed by atoms with E-state index in [4.69, 9.17) is 10.8 Å². The van der Waals surface area contributed by atoms with Gasteiger partial charge >= 0.3 is 0 Å². The molecule has 0 aromatic rings. The average Bonchev–Trinajstić information content (AvgIpc) is 2.03. The first kappa shape index (κ1) is 12.5. The fraction of sp³-hybridized carbons (Fsp3) is 0.333. The van der Waals surface area contributed by atoms with Crippen molar-refractivity contribution >= 4 is 11.4 Å². The maximum absolute atomic E-state index is 7.09. The standard InChI is InChI=1S/C7H10N2.C2H6/c1-3-4-5-7(9)6(2)8;1-2/h3-5,8-9H,1H2,2H3;1-2H3/b5-4-,8-6?,9-7?;. The van der Waals surface area contributed by atoms with Crippen LogP contribution in [0.15, 0.2) is 24.8 Å². The van der Waals surface area contributed by atoms with E-state index >= 15 is 0 Å². The van der Waals surface area contributed by atoms with Gasteiger partial charge < -0.3 is 5.41 Å². The van der Waals surface area contributed by atoms with Gasteiger partial charge in [0.25, 0.3) is 0 Å². The molecule has 0 radical (unpaired) electrons. The largest absolute Gasteiger partial charge is 0.303 e. The fourth-order valence-corrected chi connectivity index (χ4v) is 0.289.